The number of halogens is 1. The van der Waals surface area contributed by atoms with Crippen LogP contribution >= 0.6 is 11.6 Å². The Balaban J connectivity index is 3.02. The van der Waals surface area contributed by atoms with Gasteiger partial charge in [0.2, 0.25) is 5.91 Å². The SMILES string of the molecule is CCC(CN)C(=O)Nc1cc(Cl)ccc1C(=O)OC. The number of nitrogens with one attached hydrogen (secondary N) is 1. The van der Waals surface area contributed by atoms with Crippen molar-refractivity contribution in [3.05, 3.63) is 28.8 Å². The predicted octanol–water partition coefficient (Wildman–Crippen LogP) is 2.05. The molecular weight excluding hydrogens is 268 g/mol. The molecule has 0 bridgehead atoms. The van der Waals surface area contributed by atoms with Gasteiger partial charge < -0.3 is 15.8 Å². The van der Waals surface area contributed by atoms with Crippen molar-refractivity contribution in [3.63, 3.8) is 0 Å². The van der Waals surface area contributed by atoms with E-state index >= 15 is 0 Å². The molecule has 104 valence electrons. The van der Waals surface area contributed by atoms with Crippen LogP contribution in [-0.2, 0) is 9.53 Å². The third-order valence-electron chi connectivity index (χ3n) is 2.79. The van der Waals surface area contributed by atoms with Crippen molar-refractivity contribution < 1.29 is 14.3 Å². The van der Waals surface area contributed by atoms with E-state index < -0.39 is 5.97 Å². The molecule has 0 radical (unpaired) electrons. The van der Waals surface area contributed by atoms with Gasteiger partial charge in [0.15, 0.2) is 0 Å². The van der Waals surface area contributed by atoms with E-state index in [2.05, 4.69) is 10.1 Å². The van der Waals surface area contributed by atoms with Crippen molar-refractivity contribution in [3.8, 4) is 0 Å². The average Bonchev–Trinajstić information content (AvgIpc) is 2.39. The molecule has 19 heavy (non-hydrogen) atoms. The highest BCUT2D eigenvalue weighted by Gasteiger charge is 2.18. The third kappa shape index (κ3) is 3.94. The first kappa shape index (κ1) is 15.5. The van der Waals surface area contributed by atoms with Crippen molar-refractivity contribution in [2.24, 2.45) is 11.7 Å². The van der Waals surface area contributed by atoms with Gasteiger partial charge in [-0.1, -0.05) is 18.5 Å². The van der Waals surface area contributed by atoms with Gasteiger partial charge in [0.25, 0.3) is 0 Å². The number of methoxy groups -OCH3 is 1. The summed E-state index contributed by atoms with van der Waals surface area (Å²) in [5.74, 6) is -1.07. The molecule has 0 spiro atoms. The Morgan fingerprint density at radius 2 is 2.16 bits per heavy atom. The second-order valence-corrected chi connectivity index (χ2v) is 4.45. The smallest absolute Gasteiger partial charge is 0.339 e. The summed E-state index contributed by atoms with van der Waals surface area (Å²) in [6.45, 7) is 2.12. The molecule has 0 saturated heterocycles. The van der Waals surface area contributed by atoms with Crippen LogP contribution in [0.15, 0.2) is 18.2 Å². The fourth-order valence-electron chi connectivity index (χ4n) is 1.60. The summed E-state index contributed by atoms with van der Waals surface area (Å²) in [5.41, 5.74) is 6.10. The predicted molar refractivity (Wildman–Crippen MR) is 74.3 cm³/mol. The van der Waals surface area contributed by atoms with Crippen molar-refractivity contribution >= 4 is 29.2 Å². The van der Waals surface area contributed by atoms with Crippen LogP contribution in [0.5, 0.6) is 0 Å². The molecule has 1 atom stereocenters. The van der Waals surface area contributed by atoms with Gasteiger partial charge in [-0.3, -0.25) is 4.79 Å². The molecule has 6 heteroatoms. The maximum absolute atomic E-state index is 12.0. The lowest BCUT2D eigenvalue weighted by Gasteiger charge is -2.15. The number of benzene rings is 1. The largest absolute Gasteiger partial charge is 0.465 e. The van der Waals surface area contributed by atoms with Crippen LogP contribution in [0.3, 0.4) is 0 Å². The molecule has 0 saturated carbocycles. The van der Waals surface area contributed by atoms with Crippen molar-refractivity contribution in [1.82, 2.24) is 0 Å². The number of carbonyl (C=O) groups excluding carboxylic acids is 2. The van der Waals surface area contributed by atoms with E-state index in [1.165, 1.54) is 19.2 Å². The summed E-state index contributed by atoms with van der Waals surface area (Å²) in [4.78, 5) is 23.6. The zero-order valence-electron chi connectivity index (χ0n) is 10.9. The van der Waals surface area contributed by atoms with Crippen molar-refractivity contribution in [2.45, 2.75) is 13.3 Å². The highest BCUT2D eigenvalue weighted by molar-refractivity contribution is 6.31. The second-order valence-electron chi connectivity index (χ2n) is 4.01. The summed E-state index contributed by atoms with van der Waals surface area (Å²) in [6.07, 6.45) is 0.621. The van der Waals surface area contributed by atoms with Crippen molar-refractivity contribution in [2.75, 3.05) is 19.0 Å². The minimum atomic E-state index is -0.534. The molecule has 5 nitrogen and oxygen atoms in total. The van der Waals surface area contributed by atoms with E-state index in [0.29, 0.717) is 17.1 Å². The van der Waals surface area contributed by atoms with Crippen LogP contribution in [0.4, 0.5) is 5.69 Å². The van der Waals surface area contributed by atoms with E-state index in [9.17, 15) is 9.59 Å². The summed E-state index contributed by atoms with van der Waals surface area (Å²) in [7, 11) is 1.28. The Morgan fingerprint density at radius 3 is 2.68 bits per heavy atom. The molecule has 0 aromatic heterocycles. The van der Waals surface area contributed by atoms with Crippen LogP contribution in [0.1, 0.15) is 23.7 Å². The first-order valence-corrected chi connectivity index (χ1v) is 6.30. The molecule has 0 fully saturated rings. The van der Waals surface area contributed by atoms with Crippen LogP contribution < -0.4 is 11.1 Å². The first-order chi connectivity index (χ1) is 9.03. The van der Waals surface area contributed by atoms with E-state index in [-0.39, 0.29) is 23.9 Å². The summed E-state index contributed by atoms with van der Waals surface area (Å²) in [6, 6.07) is 4.58. The van der Waals surface area contributed by atoms with Gasteiger partial charge >= 0.3 is 5.97 Å². The molecular formula is C13H17ClN2O3. The minimum absolute atomic E-state index is 0.239. The Hall–Kier alpha value is -1.59. The molecule has 0 heterocycles. The fraction of sp³-hybridized carbons (Fsp3) is 0.385. The summed E-state index contributed by atoms with van der Waals surface area (Å²) in [5, 5.41) is 3.08. The average molecular weight is 285 g/mol. The van der Waals surface area contributed by atoms with Gasteiger partial charge in [-0.05, 0) is 24.6 Å². The molecule has 1 amide bonds. The zero-order valence-corrected chi connectivity index (χ0v) is 11.7. The summed E-state index contributed by atoms with van der Waals surface area (Å²) >= 11 is 5.87. The van der Waals surface area contributed by atoms with E-state index in [1.54, 1.807) is 6.07 Å². The normalized spacial score (nSPS) is 11.8. The van der Waals surface area contributed by atoms with E-state index in [1.807, 2.05) is 6.92 Å². The lowest BCUT2D eigenvalue weighted by atomic mass is 10.1. The molecule has 1 unspecified atom stereocenters. The van der Waals surface area contributed by atoms with Gasteiger partial charge in [0.05, 0.1) is 24.3 Å². The van der Waals surface area contributed by atoms with Gasteiger partial charge in [0.1, 0.15) is 0 Å². The molecule has 3 N–H and O–H groups in total. The fourth-order valence-corrected chi connectivity index (χ4v) is 1.77. The number of carbonyl (C=O) groups is 2. The molecule has 0 aliphatic carbocycles. The maximum Gasteiger partial charge on any atom is 0.339 e. The van der Waals surface area contributed by atoms with Crippen LogP contribution in [0, 0.1) is 5.92 Å². The Kier molecular flexibility index (Phi) is 5.79. The molecule has 1 rings (SSSR count). The molecule has 1 aromatic carbocycles. The Bertz CT molecular complexity index is 473. The Morgan fingerprint density at radius 1 is 1.47 bits per heavy atom. The lowest BCUT2D eigenvalue weighted by molar-refractivity contribution is -0.119. The van der Waals surface area contributed by atoms with Crippen LogP contribution in [-0.4, -0.2) is 25.5 Å². The second kappa shape index (κ2) is 7.11. The number of nitrogens with two attached hydrogens (primary N) is 1. The zero-order chi connectivity index (χ0) is 14.4. The monoisotopic (exact) mass is 284 g/mol. The number of anilines is 1. The topological polar surface area (TPSA) is 81.4 Å². The van der Waals surface area contributed by atoms with E-state index in [0.717, 1.165) is 0 Å². The number of esters is 1. The lowest BCUT2D eigenvalue weighted by Crippen LogP contribution is -2.29. The van der Waals surface area contributed by atoms with Crippen molar-refractivity contribution in [1.29, 1.82) is 0 Å². The summed E-state index contributed by atoms with van der Waals surface area (Å²) < 4.78 is 4.65. The number of hydrogen-bond donors (Lipinski definition) is 2. The molecule has 0 aliphatic rings. The Labute approximate surface area is 117 Å². The molecule has 1 aromatic rings. The highest BCUT2D eigenvalue weighted by Crippen LogP contribution is 2.22. The van der Waals surface area contributed by atoms with Gasteiger partial charge in [-0.25, -0.2) is 4.79 Å². The van der Waals surface area contributed by atoms with Gasteiger partial charge in [-0.2, -0.15) is 0 Å². The number of hydrogen-bond acceptors (Lipinski definition) is 4. The maximum atomic E-state index is 12.0. The number of amides is 1. The number of rotatable bonds is 5. The first-order valence-electron chi connectivity index (χ1n) is 5.92. The van der Waals surface area contributed by atoms with Crippen LogP contribution in [0.25, 0.3) is 0 Å². The van der Waals surface area contributed by atoms with Gasteiger partial charge in [-0.15, -0.1) is 0 Å². The third-order valence-corrected chi connectivity index (χ3v) is 3.03. The standard InChI is InChI=1S/C13H17ClN2O3/c1-3-8(7-15)12(17)16-11-6-9(14)4-5-10(11)13(18)19-2/h4-6,8H,3,7,15H2,1-2H3,(H,16,17). The number of ether oxygens (including phenoxy) is 1. The quantitative estimate of drug-likeness (QED) is 0.811. The van der Waals surface area contributed by atoms with E-state index in [4.69, 9.17) is 17.3 Å². The highest BCUT2D eigenvalue weighted by atomic mass is 35.5. The van der Waals surface area contributed by atoms with Crippen LogP contribution in [0.2, 0.25) is 5.02 Å². The molecule has 0 aliphatic heterocycles. The van der Waals surface area contributed by atoms with Gasteiger partial charge in [0, 0.05) is 11.6 Å². The minimum Gasteiger partial charge on any atom is -0.465 e.